The van der Waals surface area contributed by atoms with Crippen LogP contribution in [0.5, 0.6) is 0 Å². The summed E-state index contributed by atoms with van der Waals surface area (Å²) in [4.78, 5) is 11.7. The van der Waals surface area contributed by atoms with E-state index in [-0.39, 0.29) is 42.8 Å². The molecule has 3 N–H and O–H groups in total. The SMILES string of the molecule is CCC(C)C(N)C(=O)NCCc1c(F)cccc1F.Cl. The lowest BCUT2D eigenvalue weighted by Crippen LogP contribution is -2.45. The molecule has 1 aromatic rings. The van der Waals surface area contributed by atoms with Crippen molar-refractivity contribution < 1.29 is 13.6 Å². The van der Waals surface area contributed by atoms with Gasteiger partial charge in [0, 0.05) is 12.1 Å². The van der Waals surface area contributed by atoms with E-state index < -0.39 is 17.7 Å². The number of carbonyl (C=O) groups is 1. The van der Waals surface area contributed by atoms with Gasteiger partial charge in [-0.1, -0.05) is 26.3 Å². The first-order valence-electron chi connectivity index (χ1n) is 6.43. The zero-order valence-electron chi connectivity index (χ0n) is 11.7. The number of amides is 1. The van der Waals surface area contributed by atoms with E-state index in [1.165, 1.54) is 18.2 Å². The zero-order chi connectivity index (χ0) is 14.4. The molecule has 0 bridgehead atoms. The van der Waals surface area contributed by atoms with Gasteiger partial charge < -0.3 is 11.1 Å². The van der Waals surface area contributed by atoms with E-state index >= 15 is 0 Å². The molecule has 0 aliphatic heterocycles. The van der Waals surface area contributed by atoms with Crippen molar-refractivity contribution in [1.29, 1.82) is 0 Å². The Morgan fingerprint density at radius 2 is 1.90 bits per heavy atom. The van der Waals surface area contributed by atoms with Gasteiger partial charge in [0.2, 0.25) is 5.91 Å². The maximum absolute atomic E-state index is 13.3. The van der Waals surface area contributed by atoms with E-state index in [2.05, 4.69) is 5.32 Å². The second-order valence-electron chi connectivity index (χ2n) is 4.65. The molecule has 2 atom stereocenters. The van der Waals surface area contributed by atoms with Gasteiger partial charge in [0.1, 0.15) is 11.6 Å². The second-order valence-corrected chi connectivity index (χ2v) is 4.65. The molecular formula is C14H21ClF2N2O. The average Bonchev–Trinajstić information content (AvgIpc) is 2.40. The van der Waals surface area contributed by atoms with Gasteiger partial charge in [-0.15, -0.1) is 12.4 Å². The summed E-state index contributed by atoms with van der Waals surface area (Å²) in [7, 11) is 0. The number of carbonyl (C=O) groups excluding carboxylic acids is 1. The van der Waals surface area contributed by atoms with Crippen LogP contribution in [-0.2, 0) is 11.2 Å². The molecule has 0 saturated heterocycles. The molecule has 0 fully saturated rings. The summed E-state index contributed by atoms with van der Waals surface area (Å²) in [6.07, 6.45) is 0.911. The summed E-state index contributed by atoms with van der Waals surface area (Å²) in [5.74, 6) is -1.41. The monoisotopic (exact) mass is 306 g/mol. The standard InChI is InChI=1S/C14H20F2N2O.ClH/c1-3-9(2)13(17)14(19)18-8-7-10-11(15)5-4-6-12(10)16;/h4-6,9,13H,3,7-8,17H2,1-2H3,(H,18,19);1H. The molecule has 1 aromatic carbocycles. The maximum Gasteiger partial charge on any atom is 0.237 e. The number of hydrogen-bond acceptors (Lipinski definition) is 2. The van der Waals surface area contributed by atoms with Crippen molar-refractivity contribution in [2.75, 3.05) is 6.54 Å². The number of hydrogen-bond donors (Lipinski definition) is 2. The summed E-state index contributed by atoms with van der Waals surface area (Å²) in [5.41, 5.74) is 5.74. The van der Waals surface area contributed by atoms with Crippen molar-refractivity contribution in [1.82, 2.24) is 5.32 Å². The van der Waals surface area contributed by atoms with Crippen molar-refractivity contribution in [2.24, 2.45) is 11.7 Å². The number of rotatable bonds is 6. The Morgan fingerprint density at radius 3 is 2.40 bits per heavy atom. The van der Waals surface area contributed by atoms with Crippen LogP contribution in [0.25, 0.3) is 0 Å². The van der Waals surface area contributed by atoms with E-state index in [4.69, 9.17) is 5.73 Å². The summed E-state index contributed by atoms with van der Waals surface area (Å²) < 4.78 is 26.7. The quantitative estimate of drug-likeness (QED) is 0.848. The third kappa shape index (κ3) is 5.06. The largest absolute Gasteiger partial charge is 0.354 e. The van der Waals surface area contributed by atoms with Gasteiger partial charge in [-0.25, -0.2) is 8.78 Å². The predicted molar refractivity (Wildman–Crippen MR) is 77.8 cm³/mol. The van der Waals surface area contributed by atoms with Crippen molar-refractivity contribution in [2.45, 2.75) is 32.7 Å². The average molecular weight is 307 g/mol. The Bertz CT molecular complexity index is 423. The van der Waals surface area contributed by atoms with E-state index in [1.807, 2.05) is 13.8 Å². The highest BCUT2D eigenvalue weighted by Crippen LogP contribution is 2.12. The van der Waals surface area contributed by atoms with Crippen molar-refractivity contribution in [3.8, 4) is 0 Å². The third-order valence-electron chi connectivity index (χ3n) is 3.30. The molecule has 6 heteroatoms. The highest BCUT2D eigenvalue weighted by atomic mass is 35.5. The minimum atomic E-state index is -0.597. The number of halogens is 3. The second kappa shape index (κ2) is 8.87. The molecule has 0 aromatic heterocycles. The zero-order valence-corrected chi connectivity index (χ0v) is 12.5. The van der Waals surface area contributed by atoms with E-state index in [9.17, 15) is 13.6 Å². The number of nitrogens with two attached hydrogens (primary N) is 1. The van der Waals surface area contributed by atoms with Crippen molar-refractivity contribution >= 4 is 18.3 Å². The lowest BCUT2D eigenvalue weighted by molar-refractivity contribution is -0.123. The van der Waals surface area contributed by atoms with Crippen LogP contribution in [0.2, 0.25) is 0 Å². The van der Waals surface area contributed by atoms with Gasteiger partial charge >= 0.3 is 0 Å². The fourth-order valence-electron chi connectivity index (χ4n) is 1.71. The lowest BCUT2D eigenvalue weighted by atomic mass is 9.99. The van der Waals surface area contributed by atoms with Crippen LogP contribution >= 0.6 is 12.4 Å². The summed E-state index contributed by atoms with van der Waals surface area (Å²) in [5, 5.41) is 2.60. The van der Waals surface area contributed by atoms with Crippen LogP contribution in [0.1, 0.15) is 25.8 Å². The normalized spacial score (nSPS) is 13.2. The predicted octanol–water partition coefficient (Wildman–Crippen LogP) is 2.42. The molecule has 20 heavy (non-hydrogen) atoms. The molecule has 114 valence electrons. The fourth-order valence-corrected chi connectivity index (χ4v) is 1.71. The van der Waals surface area contributed by atoms with E-state index in [0.717, 1.165) is 6.42 Å². The van der Waals surface area contributed by atoms with Crippen LogP contribution in [0, 0.1) is 17.6 Å². The molecule has 0 spiro atoms. The summed E-state index contributed by atoms with van der Waals surface area (Å²) in [6.45, 7) is 4.01. The van der Waals surface area contributed by atoms with Gasteiger partial charge in [-0.2, -0.15) is 0 Å². The van der Waals surface area contributed by atoms with Crippen LogP contribution in [0.15, 0.2) is 18.2 Å². The Morgan fingerprint density at radius 1 is 1.35 bits per heavy atom. The maximum atomic E-state index is 13.3. The van der Waals surface area contributed by atoms with Crippen molar-refractivity contribution in [3.63, 3.8) is 0 Å². The van der Waals surface area contributed by atoms with Crippen LogP contribution < -0.4 is 11.1 Å². The smallest absolute Gasteiger partial charge is 0.237 e. The van der Waals surface area contributed by atoms with Crippen molar-refractivity contribution in [3.05, 3.63) is 35.4 Å². The Balaban J connectivity index is 0.00000361. The van der Waals surface area contributed by atoms with Gasteiger partial charge in [0.25, 0.3) is 0 Å². The molecule has 3 nitrogen and oxygen atoms in total. The van der Waals surface area contributed by atoms with Gasteiger partial charge in [-0.05, 0) is 24.5 Å². The minimum Gasteiger partial charge on any atom is -0.354 e. The summed E-state index contributed by atoms with van der Waals surface area (Å²) >= 11 is 0. The Kier molecular flexibility index (Phi) is 8.34. The van der Waals surface area contributed by atoms with E-state index in [1.54, 1.807) is 0 Å². The molecule has 2 unspecified atom stereocenters. The first-order chi connectivity index (χ1) is 8.97. The molecule has 0 aliphatic carbocycles. The van der Waals surface area contributed by atoms with Gasteiger partial charge in [0.05, 0.1) is 6.04 Å². The van der Waals surface area contributed by atoms with Crippen LogP contribution in [0.3, 0.4) is 0 Å². The van der Waals surface area contributed by atoms with Crippen LogP contribution in [-0.4, -0.2) is 18.5 Å². The number of benzene rings is 1. The fraction of sp³-hybridized carbons (Fsp3) is 0.500. The molecule has 0 aliphatic rings. The summed E-state index contributed by atoms with van der Waals surface area (Å²) in [6, 6.07) is 3.12. The lowest BCUT2D eigenvalue weighted by Gasteiger charge is -2.17. The van der Waals surface area contributed by atoms with Crippen LogP contribution in [0.4, 0.5) is 8.78 Å². The first-order valence-corrected chi connectivity index (χ1v) is 6.43. The molecule has 1 rings (SSSR count). The number of nitrogens with one attached hydrogen (secondary N) is 1. The molecule has 0 saturated carbocycles. The Hall–Kier alpha value is -1.20. The topological polar surface area (TPSA) is 55.1 Å². The highest BCUT2D eigenvalue weighted by molar-refractivity contribution is 5.85. The minimum absolute atomic E-state index is 0. The van der Waals surface area contributed by atoms with Gasteiger partial charge in [0.15, 0.2) is 0 Å². The molecular weight excluding hydrogens is 286 g/mol. The molecule has 0 heterocycles. The van der Waals surface area contributed by atoms with Gasteiger partial charge in [-0.3, -0.25) is 4.79 Å². The Labute approximate surface area is 124 Å². The molecule has 0 radical (unpaired) electrons. The van der Waals surface area contributed by atoms with E-state index in [0.29, 0.717) is 0 Å². The third-order valence-corrected chi connectivity index (χ3v) is 3.30. The molecule has 1 amide bonds. The first kappa shape index (κ1) is 18.8. The highest BCUT2D eigenvalue weighted by Gasteiger charge is 2.19.